The number of hydrogen-bond donors (Lipinski definition) is 2. The molecular weight excluding hydrogens is 406 g/mol. The van der Waals surface area contributed by atoms with E-state index in [-0.39, 0.29) is 11.8 Å². The van der Waals surface area contributed by atoms with Gasteiger partial charge in [0, 0.05) is 6.42 Å². The fourth-order valence-electron chi connectivity index (χ4n) is 2.68. The highest BCUT2D eigenvalue weighted by Crippen LogP contribution is 2.28. The molecule has 1 heterocycles. The summed E-state index contributed by atoms with van der Waals surface area (Å²) in [6.45, 7) is 4.60. The molecule has 27 heavy (non-hydrogen) atoms. The zero-order chi connectivity index (χ0) is 19.2. The summed E-state index contributed by atoms with van der Waals surface area (Å²) in [4.78, 5) is 12.6. The van der Waals surface area contributed by atoms with Crippen molar-refractivity contribution in [2.75, 3.05) is 11.9 Å². The van der Waals surface area contributed by atoms with E-state index in [0.717, 1.165) is 12.1 Å². The molecule has 3 rings (SSSR count). The monoisotopic (exact) mass is 427 g/mol. The van der Waals surface area contributed by atoms with Crippen LogP contribution in [0.2, 0.25) is 0 Å². The van der Waals surface area contributed by atoms with Crippen LogP contribution >= 0.6 is 15.9 Å². The highest BCUT2D eigenvalue weighted by atomic mass is 79.9. The van der Waals surface area contributed by atoms with Crippen LogP contribution in [-0.4, -0.2) is 22.7 Å². The number of aromatic amines is 1. The van der Waals surface area contributed by atoms with Gasteiger partial charge in [0.05, 0.1) is 22.5 Å². The number of halogens is 1. The van der Waals surface area contributed by atoms with Crippen molar-refractivity contribution in [3.63, 3.8) is 0 Å². The summed E-state index contributed by atoms with van der Waals surface area (Å²) < 4.78 is 6.59. The average Bonchev–Trinajstić information content (AvgIpc) is 3.06. The summed E-state index contributed by atoms with van der Waals surface area (Å²) in [6, 6.07) is 17.6. The van der Waals surface area contributed by atoms with Gasteiger partial charge in [-0.15, -0.1) is 0 Å². The van der Waals surface area contributed by atoms with Crippen LogP contribution in [0.1, 0.15) is 41.5 Å². The number of carbonyl (C=O) groups is 1. The van der Waals surface area contributed by atoms with E-state index in [9.17, 15) is 4.79 Å². The van der Waals surface area contributed by atoms with E-state index in [0.29, 0.717) is 28.2 Å². The maximum absolute atomic E-state index is 12.6. The molecule has 0 bridgehead atoms. The molecule has 1 amide bonds. The average molecular weight is 428 g/mol. The Balaban J connectivity index is 1.67. The van der Waals surface area contributed by atoms with Crippen molar-refractivity contribution in [3.05, 3.63) is 76.0 Å². The first-order chi connectivity index (χ1) is 13.1. The van der Waals surface area contributed by atoms with Crippen molar-refractivity contribution < 1.29 is 9.53 Å². The predicted molar refractivity (Wildman–Crippen MR) is 110 cm³/mol. The Kier molecular flexibility index (Phi) is 6.29. The van der Waals surface area contributed by atoms with Gasteiger partial charge in [0.25, 0.3) is 5.91 Å². The Morgan fingerprint density at radius 1 is 1.15 bits per heavy atom. The first-order valence-electron chi connectivity index (χ1n) is 8.87. The Bertz CT molecular complexity index is 907. The third-order valence-corrected chi connectivity index (χ3v) is 4.95. The van der Waals surface area contributed by atoms with Gasteiger partial charge in [-0.1, -0.05) is 56.3 Å². The minimum Gasteiger partial charge on any atom is -0.491 e. The molecule has 0 saturated carbocycles. The fraction of sp³-hybridized carbons (Fsp3) is 0.238. The Morgan fingerprint density at radius 2 is 1.85 bits per heavy atom. The second-order valence-electron chi connectivity index (χ2n) is 6.49. The first-order valence-corrected chi connectivity index (χ1v) is 9.66. The highest BCUT2D eigenvalue weighted by Gasteiger charge is 2.20. The molecule has 1 aromatic heterocycles. The number of ether oxygens (including phenoxy) is 1. The number of anilines is 1. The molecule has 2 N–H and O–H groups in total. The van der Waals surface area contributed by atoms with Crippen molar-refractivity contribution in [1.82, 2.24) is 10.2 Å². The summed E-state index contributed by atoms with van der Waals surface area (Å²) in [7, 11) is 0. The zero-order valence-corrected chi connectivity index (χ0v) is 16.9. The zero-order valence-electron chi connectivity index (χ0n) is 15.3. The standard InChI is InChI=1S/C21H22BrN3O2/c1-14(2)19-18(22)20(25-24-19)21(26)23-16-10-6-7-11-17(16)27-13-12-15-8-4-3-5-9-15/h3-11,14H,12-13H2,1-2H3,(H,23,26)(H,24,25). The lowest BCUT2D eigenvalue weighted by atomic mass is 10.1. The van der Waals surface area contributed by atoms with Crippen molar-refractivity contribution in [1.29, 1.82) is 0 Å². The van der Waals surface area contributed by atoms with E-state index in [1.165, 1.54) is 5.56 Å². The lowest BCUT2D eigenvalue weighted by molar-refractivity contribution is 0.102. The molecule has 0 aliphatic rings. The van der Waals surface area contributed by atoms with Crippen LogP contribution in [0.15, 0.2) is 59.1 Å². The second kappa shape index (κ2) is 8.86. The third-order valence-electron chi connectivity index (χ3n) is 4.15. The summed E-state index contributed by atoms with van der Waals surface area (Å²) in [5, 5.41) is 9.95. The third kappa shape index (κ3) is 4.77. The number of aromatic nitrogens is 2. The van der Waals surface area contributed by atoms with Crippen LogP contribution in [0.5, 0.6) is 5.75 Å². The summed E-state index contributed by atoms with van der Waals surface area (Å²) in [5.41, 5.74) is 3.06. The molecule has 3 aromatic rings. The van der Waals surface area contributed by atoms with Gasteiger partial charge in [0.15, 0.2) is 5.69 Å². The van der Waals surface area contributed by atoms with E-state index in [4.69, 9.17) is 4.74 Å². The smallest absolute Gasteiger partial charge is 0.277 e. The van der Waals surface area contributed by atoms with Crippen molar-refractivity contribution >= 4 is 27.5 Å². The Hall–Kier alpha value is -2.60. The molecule has 0 fully saturated rings. The molecule has 0 aliphatic carbocycles. The molecule has 0 atom stereocenters. The van der Waals surface area contributed by atoms with Crippen molar-refractivity contribution in [3.8, 4) is 5.75 Å². The number of hydrogen-bond acceptors (Lipinski definition) is 3. The first kappa shape index (κ1) is 19.2. The molecule has 0 unspecified atom stereocenters. The van der Waals surface area contributed by atoms with Crippen LogP contribution in [-0.2, 0) is 6.42 Å². The Morgan fingerprint density at radius 3 is 2.56 bits per heavy atom. The summed E-state index contributed by atoms with van der Waals surface area (Å²) >= 11 is 3.47. The number of nitrogens with zero attached hydrogens (tertiary/aromatic N) is 1. The van der Waals surface area contributed by atoms with Crippen LogP contribution in [0.25, 0.3) is 0 Å². The van der Waals surface area contributed by atoms with Crippen LogP contribution in [0.3, 0.4) is 0 Å². The fourth-order valence-corrected chi connectivity index (χ4v) is 3.49. The number of amides is 1. The molecule has 5 nitrogen and oxygen atoms in total. The molecule has 0 spiro atoms. The SMILES string of the molecule is CC(C)c1[nH]nc(C(=O)Nc2ccccc2OCCc2ccccc2)c1Br. The van der Waals surface area contributed by atoms with E-state index < -0.39 is 0 Å². The highest BCUT2D eigenvalue weighted by molar-refractivity contribution is 9.10. The number of para-hydroxylation sites is 2. The number of benzene rings is 2. The second-order valence-corrected chi connectivity index (χ2v) is 7.28. The van der Waals surface area contributed by atoms with Gasteiger partial charge in [-0.3, -0.25) is 9.89 Å². The normalized spacial score (nSPS) is 10.8. The van der Waals surface area contributed by atoms with Gasteiger partial charge in [-0.2, -0.15) is 5.10 Å². The van der Waals surface area contributed by atoms with Crippen molar-refractivity contribution in [2.45, 2.75) is 26.2 Å². The van der Waals surface area contributed by atoms with E-state index in [1.807, 2.05) is 56.3 Å². The van der Waals surface area contributed by atoms with Crippen LogP contribution in [0.4, 0.5) is 5.69 Å². The number of nitrogens with one attached hydrogen (secondary N) is 2. The largest absolute Gasteiger partial charge is 0.491 e. The van der Waals surface area contributed by atoms with E-state index in [2.05, 4.69) is 43.6 Å². The summed E-state index contributed by atoms with van der Waals surface area (Å²) in [5.74, 6) is 0.587. The van der Waals surface area contributed by atoms with E-state index in [1.54, 1.807) is 0 Å². The topological polar surface area (TPSA) is 67.0 Å². The minimum atomic E-state index is -0.288. The molecule has 2 aromatic carbocycles. The maximum Gasteiger partial charge on any atom is 0.277 e. The maximum atomic E-state index is 12.6. The van der Waals surface area contributed by atoms with Crippen LogP contribution in [0, 0.1) is 0 Å². The Labute approximate surface area is 167 Å². The number of carbonyl (C=O) groups excluding carboxylic acids is 1. The van der Waals surface area contributed by atoms with Gasteiger partial charge in [-0.25, -0.2) is 0 Å². The number of H-pyrrole nitrogens is 1. The lowest BCUT2D eigenvalue weighted by Crippen LogP contribution is -2.14. The molecule has 140 valence electrons. The van der Waals surface area contributed by atoms with E-state index >= 15 is 0 Å². The molecular formula is C21H22BrN3O2. The molecule has 0 saturated heterocycles. The van der Waals surface area contributed by atoms with Gasteiger partial charge < -0.3 is 10.1 Å². The van der Waals surface area contributed by atoms with Gasteiger partial charge >= 0.3 is 0 Å². The quantitative estimate of drug-likeness (QED) is 0.546. The van der Waals surface area contributed by atoms with Gasteiger partial charge in [-0.05, 0) is 39.5 Å². The van der Waals surface area contributed by atoms with Crippen LogP contribution < -0.4 is 10.1 Å². The summed E-state index contributed by atoms with van der Waals surface area (Å²) in [6.07, 6.45) is 0.797. The predicted octanol–water partition coefficient (Wildman–Crippen LogP) is 5.17. The molecule has 0 radical (unpaired) electrons. The molecule has 6 heteroatoms. The van der Waals surface area contributed by atoms with Crippen molar-refractivity contribution in [2.24, 2.45) is 0 Å². The molecule has 0 aliphatic heterocycles. The van der Waals surface area contributed by atoms with Gasteiger partial charge in [0.2, 0.25) is 0 Å². The minimum absolute atomic E-state index is 0.238. The van der Waals surface area contributed by atoms with Gasteiger partial charge in [0.1, 0.15) is 5.75 Å². The number of rotatable bonds is 7. The lowest BCUT2D eigenvalue weighted by Gasteiger charge is -2.12.